The number of alkyl carbamates (subject to hydrolysis) is 1. The zero-order chi connectivity index (χ0) is 30.2. The van der Waals surface area contributed by atoms with Crippen LogP contribution in [0, 0.1) is 18.8 Å². The van der Waals surface area contributed by atoms with Gasteiger partial charge in [-0.2, -0.15) is 0 Å². The van der Waals surface area contributed by atoms with Crippen LogP contribution in [-0.2, 0) is 14.3 Å². The summed E-state index contributed by atoms with van der Waals surface area (Å²) in [5, 5.41) is 11.7. The molecule has 0 saturated heterocycles. The number of nitrogens with zero attached hydrogens (tertiary/aromatic N) is 1. The maximum atomic E-state index is 13.8. The molecule has 1 aromatic rings. The molecule has 216 valence electrons. The fraction of sp³-hybridized carbons (Fsp3) is 0.400. The lowest BCUT2D eigenvalue weighted by molar-refractivity contribution is -0.141. The number of allylic oxidation sites excluding steroid dienone is 7. The number of halogens is 2. The van der Waals surface area contributed by atoms with Gasteiger partial charge in [0, 0.05) is 5.70 Å². The lowest BCUT2D eigenvalue weighted by atomic mass is 10.0. The Balaban J connectivity index is 2.29. The maximum absolute atomic E-state index is 13.8. The Hall–Kier alpha value is -4.08. The fourth-order valence-electron chi connectivity index (χ4n) is 4.28. The first-order valence-corrected chi connectivity index (χ1v) is 13.0. The van der Waals surface area contributed by atoms with E-state index in [0.29, 0.717) is 35.4 Å². The molecule has 1 aliphatic rings. The second kappa shape index (κ2) is 13.8. The molecule has 4 N–H and O–H groups in total. The van der Waals surface area contributed by atoms with Crippen molar-refractivity contribution in [1.29, 1.82) is 0 Å². The lowest BCUT2D eigenvalue weighted by Crippen LogP contribution is -2.28. The molecule has 8 nitrogen and oxygen atoms in total. The lowest BCUT2D eigenvalue weighted by Gasteiger charge is -2.19. The second-order valence-electron chi connectivity index (χ2n) is 9.59. The molecule has 40 heavy (non-hydrogen) atoms. The number of nitrogens with two attached hydrogens (primary N) is 1. The van der Waals surface area contributed by atoms with Crippen LogP contribution >= 0.6 is 0 Å². The normalized spacial score (nSPS) is 20.6. The summed E-state index contributed by atoms with van der Waals surface area (Å²) in [4.78, 5) is 40.0. The topological polar surface area (TPSA) is 131 Å². The molecule has 2 rings (SSSR count). The summed E-state index contributed by atoms with van der Waals surface area (Å²) in [6, 6.07) is 7.58. The molecule has 3 unspecified atom stereocenters. The molecule has 0 bridgehead atoms. The van der Waals surface area contributed by atoms with Crippen molar-refractivity contribution in [2.45, 2.75) is 66.4 Å². The van der Waals surface area contributed by atoms with Crippen molar-refractivity contribution >= 4 is 23.7 Å². The average molecular weight is 558 g/mol. The SMILES string of the molecule is CC/C=C/C(\C=C/C(C)=C(CC)\C(NC(=O)OC(C)c1ccccc1C)=C(\C)N)=NC(=O)C1C(C(=O)O)C1(F)F. The number of nitrogens with one attached hydrogen (secondary N) is 1. The van der Waals surface area contributed by atoms with E-state index in [0.717, 1.165) is 11.1 Å². The average Bonchev–Trinajstić information content (AvgIpc) is 3.47. The number of carboxylic acids is 1. The van der Waals surface area contributed by atoms with Gasteiger partial charge in [0.15, 0.2) is 0 Å². The van der Waals surface area contributed by atoms with Gasteiger partial charge in [-0.3, -0.25) is 14.9 Å². The van der Waals surface area contributed by atoms with E-state index in [-0.39, 0.29) is 5.71 Å². The monoisotopic (exact) mass is 557 g/mol. The number of benzene rings is 1. The van der Waals surface area contributed by atoms with Crippen molar-refractivity contribution in [3.8, 4) is 0 Å². The van der Waals surface area contributed by atoms with Crippen LogP contribution in [0.3, 0.4) is 0 Å². The standard InChI is InChI=1S/C30H37F2N3O5/c1-7-9-13-21(34-27(36)24-25(28(37)38)30(24,31)32)16-15-18(4)22(8-2)26(19(5)33)35-29(39)40-20(6)23-14-11-10-12-17(23)3/h9-16,20,24-25H,7-8,33H2,1-6H3,(H,35,39)(H,37,38)/b13-9+,16-15-,22-18-,26-19+,34-21?. The van der Waals surface area contributed by atoms with E-state index in [2.05, 4.69) is 10.3 Å². The van der Waals surface area contributed by atoms with Gasteiger partial charge in [0.1, 0.15) is 17.9 Å². The molecule has 0 radical (unpaired) electrons. The molecule has 0 aliphatic heterocycles. The van der Waals surface area contributed by atoms with Crippen LogP contribution in [0.1, 0.15) is 64.7 Å². The molecule has 1 fully saturated rings. The number of hydrogen-bond acceptors (Lipinski definition) is 5. The zero-order valence-corrected chi connectivity index (χ0v) is 23.6. The summed E-state index contributed by atoms with van der Waals surface area (Å²) >= 11 is 0. The molecule has 1 aliphatic carbocycles. The highest BCUT2D eigenvalue weighted by Crippen LogP contribution is 2.56. The van der Waals surface area contributed by atoms with Crippen molar-refractivity contribution in [2.24, 2.45) is 22.6 Å². The number of rotatable bonds is 11. The van der Waals surface area contributed by atoms with E-state index >= 15 is 0 Å². The number of carbonyl (C=O) groups excluding carboxylic acids is 2. The minimum Gasteiger partial charge on any atom is -0.481 e. The van der Waals surface area contributed by atoms with E-state index < -0.39 is 41.8 Å². The van der Waals surface area contributed by atoms with Crippen LogP contribution in [0.5, 0.6) is 0 Å². The highest BCUT2D eigenvalue weighted by Gasteiger charge is 2.76. The summed E-state index contributed by atoms with van der Waals surface area (Å²) in [6.07, 6.45) is 6.16. The van der Waals surface area contributed by atoms with Crippen molar-refractivity contribution in [3.63, 3.8) is 0 Å². The molecule has 1 saturated carbocycles. The van der Waals surface area contributed by atoms with Crippen LogP contribution in [0.4, 0.5) is 13.6 Å². The number of alkyl halides is 2. The molecule has 10 heteroatoms. The van der Waals surface area contributed by atoms with Gasteiger partial charge in [-0.25, -0.2) is 18.6 Å². The van der Waals surface area contributed by atoms with E-state index in [1.807, 2.05) is 45.0 Å². The Morgan fingerprint density at radius 3 is 2.33 bits per heavy atom. The predicted molar refractivity (Wildman–Crippen MR) is 150 cm³/mol. The Morgan fingerprint density at radius 1 is 1.15 bits per heavy atom. The quantitative estimate of drug-likeness (QED) is 0.221. The number of ether oxygens (including phenoxy) is 1. The van der Waals surface area contributed by atoms with Crippen molar-refractivity contribution in [1.82, 2.24) is 5.32 Å². The number of amides is 2. The van der Waals surface area contributed by atoms with Crippen LogP contribution in [0.15, 0.2) is 76.1 Å². The zero-order valence-electron chi connectivity index (χ0n) is 23.6. The third-order valence-corrected chi connectivity index (χ3v) is 6.52. The van der Waals surface area contributed by atoms with Gasteiger partial charge in [-0.15, -0.1) is 0 Å². The summed E-state index contributed by atoms with van der Waals surface area (Å²) < 4.78 is 33.2. The number of hydrogen-bond donors (Lipinski definition) is 3. The third-order valence-electron chi connectivity index (χ3n) is 6.52. The Kier molecular flexibility index (Phi) is 11.1. The first-order chi connectivity index (χ1) is 18.8. The first-order valence-electron chi connectivity index (χ1n) is 13.0. The third kappa shape index (κ3) is 7.97. The van der Waals surface area contributed by atoms with Crippen LogP contribution in [-0.4, -0.2) is 34.7 Å². The van der Waals surface area contributed by atoms with Gasteiger partial charge in [0.25, 0.3) is 11.8 Å². The van der Waals surface area contributed by atoms with Crippen molar-refractivity contribution in [3.05, 3.63) is 82.2 Å². The van der Waals surface area contributed by atoms with Gasteiger partial charge in [0.05, 0.1) is 11.4 Å². The molecule has 3 atom stereocenters. The second-order valence-corrected chi connectivity index (χ2v) is 9.59. The highest BCUT2D eigenvalue weighted by atomic mass is 19.3. The van der Waals surface area contributed by atoms with Gasteiger partial charge in [-0.1, -0.05) is 50.3 Å². The van der Waals surface area contributed by atoms with Crippen LogP contribution < -0.4 is 11.1 Å². The van der Waals surface area contributed by atoms with Gasteiger partial charge in [-0.05, 0) is 75.0 Å². The van der Waals surface area contributed by atoms with Crippen molar-refractivity contribution < 1.29 is 33.0 Å². The molecular formula is C30H37F2N3O5. The van der Waals surface area contributed by atoms with Crippen molar-refractivity contribution in [2.75, 3.05) is 0 Å². The number of aliphatic imine (C=N–C) groups is 1. The molecule has 2 amide bonds. The molecular weight excluding hydrogens is 520 g/mol. The van der Waals surface area contributed by atoms with E-state index in [9.17, 15) is 23.2 Å². The predicted octanol–water partition coefficient (Wildman–Crippen LogP) is 6.15. The smallest absolute Gasteiger partial charge is 0.412 e. The van der Waals surface area contributed by atoms with Gasteiger partial charge in [0.2, 0.25) is 0 Å². The van der Waals surface area contributed by atoms with E-state index in [4.69, 9.17) is 15.6 Å². The summed E-state index contributed by atoms with van der Waals surface area (Å²) in [6.45, 7) is 10.8. The number of carbonyl (C=O) groups is 3. The van der Waals surface area contributed by atoms with Gasteiger partial charge < -0.3 is 15.6 Å². The van der Waals surface area contributed by atoms with Gasteiger partial charge >= 0.3 is 12.1 Å². The van der Waals surface area contributed by atoms with E-state index in [1.54, 1.807) is 32.9 Å². The molecule has 0 spiro atoms. The summed E-state index contributed by atoms with van der Waals surface area (Å²) in [5.41, 5.74) is 10.1. The Labute approximate surface area is 233 Å². The number of aliphatic carboxylic acids is 1. The fourth-order valence-corrected chi connectivity index (χ4v) is 4.28. The number of aryl methyl sites for hydroxylation is 1. The maximum Gasteiger partial charge on any atom is 0.412 e. The summed E-state index contributed by atoms with van der Waals surface area (Å²) in [7, 11) is 0. The van der Waals surface area contributed by atoms with Crippen LogP contribution in [0.25, 0.3) is 0 Å². The van der Waals surface area contributed by atoms with E-state index in [1.165, 1.54) is 12.2 Å². The minimum atomic E-state index is -3.63. The Bertz CT molecular complexity index is 1290. The Morgan fingerprint density at radius 2 is 1.80 bits per heavy atom. The molecule has 0 heterocycles. The first kappa shape index (κ1) is 32.1. The van der Waals surface area contributed by atoms with Crippen LogP contribution in [0.2, 0.25) is 0 Å². The summed E-state index contributed by atoms with van der Waals surface area (Å²) in [5.74, 6) is -10.6. The molecule has 1 aromatic carbocycles. The highest BCUT2D eigenvalue weighted by molar-refractivity contribution is 6.11. The molecule has 0 aromatic heterocycles. The minimum absolute atomic E-state index is 0.0860. The number of carboxylic acid groups (broad SMARTS) is 1. The largest absolute Gasteiger partial charge is 0.481 e.